The number of hydrogen-bond donors (Lipinski definition) is 11. The van der Waals surface area contributed by atoms with Crippen LogP contribution in [0.3, 0.4) is 0 Å². The van der Waals surface area contributed by atoms with Crippen LogP contribution in [0.15, 0.2) is 0 Å². The molecule has 0 spiro atoms. The van der Waals surface area contributed by atoms with Crippen LogP contribution < -0.4 is 0 Å². The molecule has 0 unspecified atom stereocenters. The molecule has 0 amide bonds. The lowest BCUT2D eigenvalue weighted by Crippen LogP contribution is -2.68. The van der Waals surface area contributed by atoms with Crippen molar-refractivity contribution in [3.8, 4) is 0 Å². The summed E-state index contributed by atoms with van der Waals surface area (Å²) < 4.78 is 30.6. The second-order valence-corrected chi connectivity index (χ2v) is 20.8. The number of ether oxygens (including phenoxy) is 5. The van der Waals surface area contributed by atoms with Crippen molar-refractivity contribution in [1.29, 1.82) is 0 Å². The summed E-state index contributed by atoms with van der Waals surface area (Å²) >= 11 is 0. The molecule has 0 bridgehead atoms. The Morgan fingerprint density at radius 1 is 0.644 bits per heavy atom. The van der Waals surface area contributed by atoms with Crippen LogP contribution >= 0.6 is 0 Å². The smallest absolute Gasteiger partial charge is 0.336 e. The highest BCUT2D eigenvalue weighted by atomic mass is 16.8. The van der Waals surface area contributed by atoms with E-state index < -0.39 is 116 Å². The first-order valence-electron chi connectivity index (χ1n) is 21.7. The normalized spacial score (nSPS) is 56.1. The van der Waals surface area contributed by atoms with Crippen LogP contribution in [0.2, 0.25) is 0 Å². The van der Waals surface area contributed by atoms with E-state index in [0.717, 1.165) is 32.1 Å². The molecule has 17 heteroatoms. The van der Waals surface area contributed by atoms with Gasteiger partial charge in [-0.25, -0.2) is 4.79 Å². The summed E-state index contributed by atoms with van der Waals surface area (Å²) in [5, 5.41) is 117. The quantitative estimate of drug-likeness (QED) is 0.129. The van der Waals surface area contributed by atoms with Crippen LogP contribution in [-0.2, 0) is 28.5 Å². The van der Waals surface area contributed by atoms with Gasteiger partial charge in [0, 0.05) is 17.8 Å². The van der Waals surface area contributed by atoms with E-state index in [4.69, 9.17) is 23.7 Å². The number of aliphatic carboxylic acids is 1. The van der Waals surface area contributed by atoms with E-state index >= 15 is 0 Å². The fraction of sp³-hybridized carbons (Fsp3) is 0.976. The molecule has 4 saturated carbocycles. The minimum absolute atomic E-state index is 0.00697. The second kappa shape index (κ2) is 15.8. The molecule has 0 aromatic rings. The molecule has 7 aliphatic rings. The predicted octanol–water partition coefficient (Wildman–Crippen LogP) is -0.603. The highest BCUT2D eigenvalue weighted by molar-refractivity contribution is 5.78. The average molecular weight is 847 g/mol. The van der Waals surface area contributed by atoms with Crippen LogP contribution in [0.1, 0.15) is 99.3 Å². The molecule has 3 heterocycles. The van der Waals surface area contributed by atoms with Gasteiger partial charge in [-0.3, -0.25) is 0 Å². The highest BCUT2D eigenvalue weighted by Crippen LogP contribution is 2.76. The maximum atomic E-state index is 13.3. The molecule has 0 aromatic heterocycles. The highest BCUT2D eigenvalue weighted by Gasteiger charge is 2.72. The number of rotatable bonds is 9. The van der Waals surface area contributed by atoms with E-state index in [2.05, 4.69) is 20.8 Å². The summed E-state index contributed by atoms with van der Waals surface area (Å²) in [5.41, 5.74) is -4.54. The van der Waals surface area contributed by atoms with Gasteiger partial charge in [-0.2, -0.15) is 0 Å². The molecular weight excluding hydrogens is 776 g/mol. The molecular formula is C42H70O17. The summed E-state index contributed by atoms with van der Waals surface area (Å²) in [6.45, 7) is 10.5. The van der Waals surface area contributed by atoms with Crippen LogP contribution in [-0.4, -0.2) is 173 Å². The molecule has 340 valence electrons. The van der Waals surface area contributed by atoms with Gasteiger partial charge in [0.1, 0.15) is 54.9 Å². The molecule has 11 N–H and O–H groups in total. The standard InChI is InChI=1S/C42H70O17/c1-37(2)33(52)21(46)15-42(59-37,36(53)54)20-9-13-40(5)19(20)7-8-25-38(3)12-11-26(39(4,18-45)24(38)10-14-41(25,40)6)57-35-32(30(50)28(48)23(17-44)56-35)58-34-31(51)29(49)27(47)22(16-43)55-34/h19-35,43-52H,7-18H2,1-6H3,(H,53,54)/t19-,20+,21+,22-,23-,24-,25-,26+,27-,28-,29+,30+,31-,32-,33+,34+,35+,38+,39-,40-,41-,42+/m1/s1. The number of carboxylic acids is 1. The number of carbonyl (C=O) groups is 1. The Labute approximate surface area is 345 Å². The maximum Gasteiger partial charge on any atom is 0.336 e. The van der Waals surface area contributed by atoms with Gasteiger partial charge in [0.15, 0.2) is 18.2 Å². The third-order valence-corrected chi connectivity index (χ3v) is 17.7. The summed E-state index contributed by atoms with van der Waals surface area (Å²) in [7, 11) is 0. The van der Waals surface area contributed by atoms with E-state index in [9.17, 15) is 61.0 Å². The molecule has 59 heavy (non-hydrogen) atoms. The zero-order valence-corrected chi connectivity index (χ0v) is 35.2. The van der Waals surface area contributed by atoms with Crippen LogP contribution in [0.5, 0.6) is 0 Å². The monoisotopic (exact) mass is 846 g/mol. The third-order valence-electron chi connectivity index (χ3n) is 17.7. The molecule has 22 atom stereocenters. The minimum Gasteiger partial charge on any atom is -0.479 e. The van der Waals surface area contributed by atoms with E-state index in [1.54, 1.807) is 13.8 Å². The Bertz CT molecular complexity index is 1530. The van der Waals surface area contributed by atoms with Crippen molar-refractivity contribution in [3.05, 3.63) is 0 Å². The van der Waals surface area contributed by atoms with E-state index in [0.29, 0.717) is 19.3 Å². The van der Waals surface area contributed by atoms with Gasteiger partial charge < -0.3 is 79.9 Å². The lowest BCUT2D eigenvalue weighted by atomic mass is 9.35. The average Bonchev–Trinajstić information content (AvgIpc) is 3.55. The number of carboxylic acid groups (broad SMARTS) is 1. The predicted molar refractivity (Wildman–Crippen MR) is 204 cm³/mol. The fourth-order valence-corrected chi connectivity index (χ4v) is 14.3. The number of aliphatic hydroxyl groups is 10. The topological polar surface area (TPSA) is 286 Å². The first-order chi connectivity index (χ1) is 27.5. The number of hydrogen-bond acceptors (Lipinski definition) is 16. The Kier molecular flexibility index (Phi) is 12.3. The minimum atomic E-state index is -1.81. The van der Waals surface area contributed by atoms with Crippen molar-refractivity contribution in [2.75, 3.05) is 19.8 Å². The molecule has 17 nitrogen and oxygen atoms in total. The summed E-state index contributed by atoms with van der Waals surface area (Å²) in [5.74, 6) is -1.35. The molecule has 3 saturated heterocycles. The first kappa shape index (κ1) is 45.9. The summed E-state index contributed by atoms with van der Waals surface area (Å²) in [4.78, 5) is 13.3. The first-order valence-corrected chi connectivity index (χ1v) is 21.7. The number of aliphatic hydroxyl groups excluding tert-OH is 10. The second-order valence-electron chi connectivity index (χ2n) is 20.8. The molecule has 3 aliphatic heterocycles. The Hall–Kier alpha value is -1.13. The molecule has 0 radical (unpaired) electrons. The van der Waals surface area contributed by atoms with Crippen LogP contribution in [0, 0.1) is 45.3 Å². The largest absolute Gasteiger partial charge is 0.479 e. The van der Waals surface area contributed by atoms with Crippen LogP contribution in [0.25, 0.3) is 0 Å². The van der Waals surface area contributed by atoms with E-state index in [1.165, 1.54) is 0 Å². The van der Waals surface area contributed by atoms with Crippen molar-refractivity contribution in [1.82, 2.24) is 0 Å². The Morgan fingerprint density at radius 2 is 1.25 bits per heavy atom. The van der Waals surface area contributed by atoms with Gasteiger partial charge in [0.2, 0.25) is 0 Å². The molecule has 7 rings (SSSR count). The van der Waals surface area contributed by atoms with Gasteiger partial charge in [-0.15, -0.1) is 0 Å². The zero-order chi connectivity index (χ0) is 43.4. The number of fused-ring (bicyclic) bond motifs is 5. The lowest BCUT2D eigenvalue weighted by Gasteiger charge is -2.70. The summed E-state index contributed by atoms with van der Waals surface area (Å²) in [6.07, 6.45) is -13.5. The van der Waals surface area contributed by atoms with Gasteiger partial charge >= 0.3 is 5.97 Å². The Balaban J connectivity index is 1.14. The lowest BCUT2D eigenvalue weighted by molar-refractivity contribution is -0.379. The summed E-state index contributed by atoms with van der Waals surface area (Å²) in [6, 6.07) is 0. The van der Waals surface area contributed by atoms with Crippen molar-refractivity contribution < 1.29 is 84.7 Å². The zero-order valence-electron chi connectivity index (χ0n) is 35.2. The van der Waals surface area contributed by atoms with Gasteiger partial charge in [-0.05, 0) is 99.2 Å². The van der Waals surface area contributed by atoms with E-state index in [1.807, 2.05) is 6.92 Å². The van der Waals surface area contributed by atoms with Crippen molar-refractivity contribution in [3.63, 3.8) is 0 Å². The van der Waals surface area contributed by atoms with Crippen LogP contribution in [0.4, 0.5) is 0 Å². The third kappa shape index (κ3) is 6.78. The molecule has 4 aliphatic carbocycles. The molecule has 7 fully saturated rings. The van der Waals surface area contributed by atoms with Crippen molar-refractivity contribution in [2.24, 2.45) is 45.3 Å². The van der Waals surface area contributed by atoms with Crippen molar-refractivity contribution >= 4 is 5.97 Å². The van der Waals surface area contributed by atoms with Gasteiger partial charge in [-0.1, -0.05) is 27.7 Å². The Morgan fingerprint density at radius 3 is 1.85 bits per heavy atom. The van der Waals surface area contributed by atoms with Crippen molar-refractivity contribution in [2.45, 2.75) is 190 Å². The van der Waals surface area contributed by atoms with Gasteiger partial charge in [0.05, 0.1) is 37.6 Å². The van der Waals surface area contributed by atoms with Gasteiger partial charge in [0.25, 0.3) is 0 Å². The maximum absolute atomic E-state index is 13.3. The molecule has 0 aromatic carbocycles. The van der Waals surface area contributed by atoms with E-state index in [-0.39, 0.29) is 52.9 Å². The SMILES string of the molecule is CC1(C)O[C@](C(=O)O)([C@H]2CC[C@]3(C)[C@@H]2CC[C@@H]2[C@@]4(C)CC[C@H](O[C@@H]5O[C@H](CO)[C@@H](O)[C@H](O)[C@H]5O[C@@H]5O[C@H](CO)[C@@H](O)[C@H](O)[C@H]5O)[C@](C)(CO)[C@@H]4CC[C@]23C)C[C@H](O)[C@@H]1O. The fourth-order valence-electron chi connectivity index (χ4n) is 14.3.